The van der Waals surface area contributed by atoms with Gasteiger partial charge in [-0.05, 0) is 17.3 Å². The Morgan fingerprint density at radius 2 is 2.36 bits per heavy atom. The van der Waals surface area contributed by atoms with Gasteiger partial charge in [-0.15, -0.1) is 0 Å². The zero-order chi connectivity index (χ0) is 15.5. The molecule has 112 valence electrons. The van der Waals surface area contributed by atoms with Gasteiger partial charge in [0.05, 0.1) is 31.3 Å². The molecule has 3 aromatic heterocycles. The average Bonchev–Trinajstić information content (AvgIpc) is 3.16. The molecule has 0 bridgehead atoms. The van der Waals surface area contributed by atoms with Crippen molar-refractivity contribution in [1.29, 1.82) is 0 Å². The predicted molar refractivity (Wildman–Crippen MR) is 72.3 cm³/mol. The third-order valence-corrected chi connectivity index (χ3v) is 2.72. The van der Waals surface area contributed by atoms with Gasteiger partial charge in [-0.3, -0.25) is 4.79 Å². The largest absolute Gasteiger partial charge is 0.479 e. The van der Waals surface area contributed by atoms with Gasteiger partial charge in [-0.25, -0.2) is 14.1 Å². The number of carbonyl (C=O) groups excluding carboxylic acids is 1. The lowest BCUT2D eigenvalue weighted by Gasteiger charge is -2.00. The minimum absolute atomic E-state index is 0.0198. The van der Waals surface area contributed by atoms with Crippen molar-refractivity contribution in [2.24, 2.45) is 0 Å². The Labute approximate surface area is 123 Å². The van der Waals surface area contributed by atoms with E-state index < -0.39 is 11.7 Å². The van der Waals surface area contributed by atoms with Crippen LogP contribution in [-0.2, 0) is 0 Å². The summed E-state index contributed by atoms with van der Waals surface area (Å²) >= 11 is 0. The summed E-state index contributed by atoms with van der Waals surface area (Å²) in [5.41, 5.74) is 0.352. The number of pyridine rings is 1. The maximum Gasteiger partial charge on any atom is 0.294 e. The quantitative estimate of drug-likeness (QED) is 0.787. The number of nitrogens with one attached hydrogen (secondary N) is 1. The monoisotopic (exact) mass is 303 g/mol. The highest BCUT2D eigenvalue weighted by Crippen LogP contribution is 2.15. The molecule has 0 fully saturated rings. The van der Waals surface area contributed by atoms with E-state index >= 15 is 0 Å². The molecular formula is C13H10FN5O3. The highest BCUT2D eigenvalue weighted by molar-refractivity contribution is 6.02. The van der Waals surface area contributed by atoms with Crippen molar-refractivity contribution in [2.75, 3.05) is 12.4 Å². The molecule has 3 heterocycles. The Kier molecular flexibility index (Phi) is 3.52. The lowest BCUT2D eigenvalue weighted by Crippen LogP contribution is -2.10. The first-order chi connectivity index (χ1) is 10.7. The summed E-state index contributed by atoms with van der Waals surface area (Å²) in [6.07, 6.45) is 4.23. The third-order valence-electron chi connectivity index (χ3n) is 2.72. The molecule has 3 rings (SSSR count). The molecule has 1 amide bonds. The molecule has 8 nitrogen and oxygen atoms in total. The number of nitrogens with zero attached hydrogens (tertiary/aromatic N) is 4. The van der Waals surface area contributed by atoms with E-state index in [2.05, 4.69) is 20.6 Å². The van der Waals surface area contributed by atoms with E-state index in [4.69, 9.17) is 9.26 Å². The van der Waals surface area contributed by atoms with Gasteiger partial charge in [0, 0.05) is 6.20 Å². The number of ether oxygens (including phenoxy) is 1. The van der Waals surface area contributed by atoms with Crippen molar-refractivity contribution in [3.63, 3.8) is 0 Å². The van der Waals surface area contributed by atoms with Gasteiger partial charge >= 0.3 is 0 Å². The van der Waals surface area contributed by atoms with Gasteiger partial charge in [-0.2, -0.15) is 5.10 Å². The fraction of sp³-hybridized carbons (Fsp3) is 0.0769. The van der Waals surface area contributed by atoms with Gasteiger partial charge < -0.3 is 14.6 Å². The van der Waals surface area contributed by atoms with Crippen molar-refractivity contribution >= 4 is 11.6 Å². The first-order valence-electron chi connectivity index (χ1n) is 6.15. The van der Waals surface area contributed by atoms with Crippen LogP contribution < -0.4 is 10.1 Å². The molecule has 0 saturated carbocycles. The number of amides is 1. The minimum atomic E-state index is -0.531. The molecule has 0 saturated heterocycles. The van der Waals surface area contributed by atoms with E-state index in [0.29, 0.717) is 5.69 Å². The maximum atomic E-state index is 13.6. The molecule has 0 aliphatic rings. The number of carbonyl (C=O) groups is 1. The van der Waals surface area contributed by atoms with Gasteiger partial charge in [-0.1, -0.05) is 0 Å². The number of hydrogen-bond acceptors (Lipinski definition) is 6. The molecule has 0 aliphatic heterocycles. The Morgan fingerprint density at radius 3 is 3.09 bits per heavy atom. The molecule has 1 N–H and O–H groups in total. The van der Waals surface area contributed by atoms with Crippen LogP contribution in [0.4, 0.5) is 10.1 Å². The minimum Gasteiger partial charge on any atom is -0.479 e. The molecule has 3 aromatic rings. The van der Waals surface area contributed by atoms with E-state index in [1.807, 2.05) is 0 Å². The summed E-state index contributed by atoms with van der Waals surface area (Å²) < 4.78 is 24.5. The number of anilines is 1. The fourth-order valence-electron chi connectivity index (χ4n) is 1.70. The molecule has 0 atom stereocenters. The fourth-order valence-corrected chi connectivity index (χ4v) is 1.70. The number of halogens is 1. The molecule has 22 heavy (non-hydrogen) atoms. The predicted octanol–water partition coefficient (Wildman–Crippen LogP) is 1.66. The smallest absolute Gasteiger partial charge is 0.294 e. The van der Waals surface area contributed by atoms with E-state index in [0.717, 1.165) is 0 Å². The topological polar surface area (TPSA) is 95.1 Å². The van der Waals surface area contributed by atoms with E-state index in [1.54, 1.807) is 0 Å². The lowest BCUT2D eigenvalue weighted by molar-refractivity contribution is 0.0987. The normalized spacial score (nSPS) is 10.5. The lowest BCUT2D eigenvalue weighted by atomic mass is 10.4. The Balaban J connectivity index is 1.77. The van der Waals surface area contributed by atoms with Crippen molar-refractivity contribution in [2.45, 2.75) is 0 Å². The second-order valence-electron chi connectivity index (χ2n) is 4.17. The maximum absolute atomic E-state index is 13.6. The van der Waals surface area contributed by atoms with Crippen LogP contribution in [-0.4, -0.2) is 32.9 Å². The summed E-state index contributed by atoms with van der Waals surface area (Å²) in [7, 11) is 1.41. The average molecular weight is 303 g/mol. The van der Waals surface area contributed by atoms with E-state index in [9.17, 15) is 9.18 Å². The van der Waals surface area contributed by atoms with Crippen LogP contribution in [0.1, 0.15) is 10.6 Å². The van der Waals surface area contributed by atoms with Crippen LogP contribution in [0.2, 0.25) is 0 Å². The molecule has 0 spiro atoms. The van der Waals surface area contributed by atoms with Gasteiger partial charge in [0.2, 0.25) is 5.76 Å². The standard InChI is InChI=1S/C13H10FN5O3/c1-21-11-5-10(22-18-11)13(20)17-8-6-16-19(7-8)12-9(14)3-2-4-15-12/h2-7H,1H3,(H,17,20). The Hall–Kier alpha value is -3.23. The van der Waals surface area contributed by atoms with Crippen LogP contribution in [0, 0.1) is 5.82 Å². The van der Waals surface area contributed by atoms with Crippen LogP contribution in [0.15, 0.2) is 41.3 Å². The van der Waals surface area contributed by atoms with Gasteiger partial charge in [0.25, 0.3) is 11.8 Å². The summed E-state index contributed by atoms with van der Waals surface area (Å²) in [5.74, 6) is -0.852. The Morgan fingerprint density at radius 1 is 1.50 bits per heavy atom. The third kappa shape index (κ3) is 2.64. The Bertz CT molecular complexity index is 813. The van der Waals surface area contributed by atoms with Crippen molar-refractivity contribution < 1.29 is 18.4 Å². The SMILES string of the molecule is COc1cc(C(=O)Nc2cnn(-c3ncccc3F)c2)on1. The zero-order valence-corrected chi connectivity index (χ0v) is 11.4. The molecule has 0 radical (unpaired) electrons. The molecule has 0 unspecified atom stereocenters. The molecule has 0 aliphatic carbocycles. The number of hydrogen-bond donors (Lipinski definition) is 1. The summed E-state index contributed by atoms with van der Waals surface area (Å²) in [4.78, 5) is 15.8. The number of rotatable bonds is 4. The van der Waals surface area contributed by atoms with Crippen LogP contribution >= 0.6 is 0 Å². The van der Waals surface area contributed by atoms with Crippen LogP contribution in [0.25, 0.3) is 5.82 Å². The highest BCUT2D eigenvalue weighted by Gasteiger charge is 2.15. The number of methoxy groups -OCH3 is 1. The van der Waals surface area contributed by atoms with Gasteiger partial charge in [0.15, 0.2) is 11.6 Å². The molecular weight excluding hydrogens is 293 g/mol. The molecule has 9 heteroatoms. The van der Waals surface area contributed by atoms with E-state index in [1.165, 1.54) is 48.6 Å². The van der Waals surface area contributed by atoms with Crippen molar-refractivity contribution in [3.05, 3.63) is 48.4 Å². The van der Waals surface area contributed by atoms with E-state index in [-0.39, 0.29) is 17.5 Å². The second kappa shape index (κ2) is 5.64. The summed E-state index contributed by atoms with van der Waals surface area (Å²) in [6, 6.07) is 4.09. The van der Waals surface area contributed by atoms with Crippen molar-refractivity contribution in [1.82, 2.24) is 19.9 Å². The van der Waals surface area contributed by atoms with Crippen LogP contribution in [0.3, 0.4) is 0 Å². The highest BCUT2D eigenvalue weighted by atomic mass is 19.1. The zero-order valence-electron chi connectivity index (χ0n) is 11.4. The van der Waals surface area contributed by atoms with Crippen molar-refractivity contribution in [3.8, 4) is 11.7 Å². The van der Waals surface area contributed by atoms with Crippen LogP contribution in [0.5, 0.6) is 5.88 Å². The first kappa shape index (κ1) is 13.7. The second-order valence-corrected chi connectivity index (χ2v) is 4.17. The summed E-state index contributed by atoms with van der Waals surface area (Å²) in [5, 5.41) is 10.0. The number of aromatic nitrogens is 4. The first-order valence-corrected chi connectivity index (χ1v) is 6.15. The molecule has 0 aromatic carbocycles. The summed E-state index contributed by atoms with van der Waals surface area (Å²) in [6.45, 7) is 0. The van der Waals surface area contributed by atoms with Gasteiger partial charge in [0.1, 0.15) is 0 Å².